The van der Waals surface area contributed by atoms with E-state index in [2.05, 4.69) is 15.3 Å². The lowest BCUT2D eigenvalue weighted by molar-refractivity contribution is 0.390. The number of nitrogens with zero attached hydrogens (tertiary/aromatic N) is 3. The van der Waals surface area contributed by atoms with E-state index in [0.717, 1.165) is 39.1 Å². The molecule has 0 radical (unpaired) electrons. The molecular formula is C24H21ClN4O2S. The molecule has 6 nitrogen and oxygen atoms in total. The fourth-order valence-corrected chi connectivity index (χ4v) is 5.60. The van der Waals surface area contributed by atoms with Crippen LogP contribution < -0.4 is 5.32 Å². The number of rotatable bonds is 5. The van der Waals surface area contributed by atoms with Gasteiger partial charge in [0.05, 0.1) is 23.2 Å². The summed E-state index contributed by atoms with van der Waals surface area (Å²) >= 11 is 5.91. The Kier molecular flexibility index (Phi) is 5.55. The summed E-state index contributed by atoms with van der Waals surface area (Å²) in [6.45, 7) is 0.748. The molecule has 0 amide bonds. The quantitative estimate of drug-likeness (QED) is 0.454. The number of hydrogen-bond donors (Lipinski definition) is 1. The highest BCUT2D eigenvalue weighted by Gasteiger charge is 2.28. The van der Waals surface area contributed by atoms with Crippen LogP contribution >= 0.6 is 11.6 Å². The van der Waals surface area contributed by atoms with Gasteiger partial charge in [0, 0.05) is 35.3 Å². The molecule has 3 heterocycles. The first-order valence-electron chi connectivity index (χ1n) is 10.3. The first kappa shape index (κ1) is 20.9. The van der Waals surface area contributed by atoms with Gasteiger partial charge in [-0.3, -0.25) is 4.98 Å². The van der Waals surface area contributed by atoms with Crippen LogP contribution in [0.5, 0.6) is 0 Å². The number of halogens is 1. The van der Waals surface area contributed by atoms with E-state index in [1.807, 2.05) is 36.4 Å². The smallest absolute Gasteiger partial charge is 0.218 e. The number of aromatic nitrogens is 2. The lowest BCUT2D eigenvalue weighted by Gasteiger charge is -2.29. The fourth-order valence-electron chi connectivity index (χ4n) is 3.97. The molecule has 0 aliphatic carbocycles. The third-order valence-electron chi connectivity index (χ3n) is 5.62. The van der Waals surface area contributed by atoms with Crippen molar-refractivity contribution in [2.45, 2.75) is 18.7 Å². The molecule has 0 atom stereocenters. The van der Waals surface area contributed by atoms with E-state index in [-0.39, 0.29) is 5.75 Å². The standard InChI is InChI=1S/C24H21ClN4O2S/c25-20-7-5-17(6-8-20)16-32(30,31)29-12-10-22-19(15-29)9-11-26-24(22)28-21-13-18-3-1-2-4-23(18)27-14-21/h1-9,11,13-14H,10,12,15-16H2,(H,26,28). The molecule has 32 heavy (non-hydrogen) atoms. The number of fused-ring (bicyclic) bond motifs is 2. The van der Waals surface area contributed by atoms with E-state index >= 15 is 0 Å². The van der Waals surface area contributed by atoms with E-state index in [1.165, 1.54) is 0 Å². The minimum absolute atomic E-state index is 0.0432. The van der Waals surface area contributed by atoms with Crippen molar-refractivity contribution in [3.8, 4) is 0 Å². The van der Waals surface area contributed by atoms with Gasteiger partial charge in [0.25, 0.3) is 0 Å². The molecule has 8 heteroatoms. The van der Waals surface area contributed by atoms with Crippen LogP contribution in [-0.4, -0.2) is 29.2 Å². The maximum atomic E-state index is 13.0. The van der Waals surface area contributed by atoms with E-state index in [9.17, 15) is 8.42 Å². The van der Waals surface area contributed by atoms with Gasteiger partial charge in [-0.2, -0.15) is 4.31 Å². The zero-order chi connectivity index (χ0) is 22.1. The molecule has 1 aliphatic heterocycles. The summed E-state index contributed by atoms with van der Waals surface area (Å²) < 4.78 is 27.6. The highest BCUT2D eigenvalue weighted by molar-refractivity contribution is 7.88. The number of nitrogens with one attached hydrogen (secondary N) is 1. The molecule has 0 saturated heterocycles. The zero-order valence-electron chi connectivity index (χ0n) is 17.2. The van der Waals surface area contributed by atoms with Gasteiger partial charge in [0.1, 0.15) is 5.82 Å². The molecule has 0 fully saturated rings. The van der Waals surface area contributed by atoms with Crippen LogP contribution in [0.2, 0.25) is 5.02 Å². The maximum Gasteiger partial charge on any atom is 0.218 e. The van der Waals surface area contributed by atoms with Crippen molar-refractivity contribution < 1.29 is 8.42 Å². The monoisotopic (exact) mass is 464 g/mol. The van der Waals surface area contributed by atoms with E-state index in [0.29, 0.717) is 24.5 Å². The molecule has 0 spiro atoms. The van der Waals surface area contributed by atoms with Crippen molar-refractivity contribution in [2.24, 2.45) is 0 Å². The largest absolute Gasteiger partial charge is 0.339 e. The van der Waals surface area contributed by atoms with Crippen LogP contribution in [0.15, 0.2) is 73.1 Å². The Morgan fingerprint density at radius 3 is 2.69 bits per heavy atom. The van der Waals surface area contributed by atoms with Gasteiger partial charge in [0.2, 0.25) is 10.0 Å². The molecule has 2 aromatic carbocycles. The SMILES string of the molecule is O=S(=O)(Cc1ccc(Cl)cc1)N1CCc2c(ccnc2Nc2cnc3ccccc3c2)C1. The average Bonchev–Trinajstić information content (AvgIpc) is 2.80. The van der Waals surface area contributed by atoms with E-state index < -0.39 is 10.0 Å². The first-order chi connectivity index (χ1) is 15.5. The summed E-state index contributed by atoms with van der Waals surface area (Å²) in [4.78, 5) is 9.00. The molecule has 1 aliphatic rings. The predicted octanol–water partition coefficient (Wildman–Crippen LogP) is 4.91. The lowest BCUT2D eigenvalue weighted by atomic mass is 10.0. The second kappa shape index (κ2) is 8.50. The normalized spacial score (nSPS) is 14.3. The second-order valence-electron chi connectivity index (χ2n) is 7.81. The van der Waals surface area contributed by atoms with Crippen molar-refractivity contribution in [3.05, 3.63) is 94.8 Å². The average molecular weight is 465 g/mol. The third kappa shape index (κ3) is 4.32. The van der Waals surface area contributed by atoms with Crippen LogP contribution in [-0.2, 0) is 28.7 Å². The van der Waals surface area contributed by atoms with E-state index in [1.54, 1.807) is 41.0 Å². The van der Waals surface area contributed by atoms with E-state index in [4.69, 9.17) is 11.6 Å². The van der Waals surface area contributed by atoms with Crippen LogP contribution in [0.25, 0.3) is 10.9 Å². The molecule has 0 saturated carbocycles. The van der Waals surface area contributed by atoms with Crippen molar-refractivity contribution in [3.63, 3.8) is 0 Å². The summed E-state index contributed by atoms with van der Waals surface area (Å²) in [5.41, 5.74) is 4.51. The van der Waals surface area contributed by atoms with Crippen molar-refractivity contribution in [2.75, 3.05) is 11.9 Å². The van der Waals surface area contributed by atoms with Crippen LogP contribution in [0, 0.1) is 0 Å². The number of hydrogen-bond acceptors (Lipinski definition) is 5. The van der Waals surface area contributed by atoms with Gasteiger partial charge in [-0.1, -0.05) is 41.9 Å². The molecule has 4 aromatic rings. The van der Waals surface area contributed by atoms with Crippen molar-refractivity contribution in [1.82, 2.24) is 14.3 Å². The second-order valence-corrected chi connectivity index (χ2v) is 10.2. The van der Waals surface area contributed by atoms with Gasteiger partial charge in [-0.25, -0.2) is 13.4 Å². The van der Waals surface area contributed by atoms with Gasteiger partial charge in [-0.15, -0.1) is 0 Å². The number of para-hydroxylation sites is 1. The molecule has 0 bridgehead atoms. The Bertz CT molecular complexity index is 1390. The number of anilines is 2. The molecule has 5 rings (SSSR count). The lowest BCUT2D eigenvalue weighted by Crippen LogP contribution is -2.37. The Hall–Kier alpha value is -3.00. The summed E-state index contributed by atoms with van der Waals surface area (Å²) in [5.74, 6) is 0.702. The van der Waals surface area contributed by atoms with Crippen LogP contribution in [0.3, 0.4) is 0 Å². The van der Waals surface area contributed by atoms with Gasteiger partial charge in [-0.05, 0) is 47.9 Å². The highest BCUT2D eigenvalue weighted by Crippen LogP contribution is 2.29. The van der Waals surface area contributed by atoms with Crippen LogP contribution in [0.1, 0.15) is 16.7 Å². The highest BCUT2D eigenvalue weighted by atomic mass is 35.5. The van der Waals surface area contributed by atoms with Gasteiger partial charge >= 0.3 is 0 Å². The summed E-state index contributed by atoms with van der Waals surface area (Å²) in [7, 11) is -3.45. The topological polar surface area (TPSA) is 75.2 Å². The number of benzene rings is 2. The Balaban J connectivity index is 1.36. The summed E-state index contributed by atoms with van der Waals surface area (Å²) in [6.07, 6.45) is 4.09. The molecule has 162 valence electrons. The van der Waals surface area contributed by atoms with Crippen LogP contribution in [0.4, 0.5) is 11.5 Å². The Morgan fingerprint density at radius 1 is 1.03 bits per heavy atom. The maximum absolute atomic E-state index is 13.0. The Morgan fingerprint density at radius 2 is 1.84 bits per heavy atom. The Labute approximate surface area is 191 Å². The molecule has 2 aromatic heterocycles. The third-order valence-corrected chi connectivity index (χ3v) is 7.67. The van der Waals surface area contributed by atoms with Crippen molar-refractivity contribution in [1.29, 1.82) is 0 Å². The molecule has 0 unspecified atom stereocenters. The van der Waals surface area contributed by atoms with Gasteiger partial charge in [0.15, 0.2) is 0 Å². The zero-order valence-corrected chi connectivity index (χ0v) is 18.8. The number of sulfonamides is 1. The molecular weight excluding hydrogens is 444 g/mol. The molecule has 1 N–H and O–H groups in total. The number of pyridine rings is 2. The minimum Gasteiger partial charge on any atom is -0.339 e. The fraction of sp³-hybridized carbons (Fsp3) is 0.167. The first-order valence-corrected chi connectivity index (χ1v) is 12.3. The van der Waals surface area contributed by atoms with Crippen molar-refractivity contribution >= 4 is 44.0 Å². The predicted molar refractivity (Wildman–Crippen MR) is 127 cm³/mol. The summed E-state index contributed by atoms with van der Waals surface area (Å²) in [6, 6.07) is 18.8. The van der Waals surface area contributed by atoms with Gasteiger partial charge < -0.3 is 5.32 Å². The minimum atomic E-state index is -3.45. The summed E-state index contributed by atoms with van der Waals surface area (Å²) in [5, 5.41) is 5.00.